The zero-order valence-corrected chi connectivity index (χ0v) is 17.1. The molecule has 2 aromatic rings. The number of H-pyrrole nitrogens is 1. The number of aliphatic hydroxyl groups is 1. The Morgan fingerprint density at radius 1 is 0.963 bits per heavy atom. The molecule has 0 fully saturated rings. The quantitative estimate of drug-likeness (QED) is 0.492. The first kappa shape index (κ1) is 21.5. The normalized spacial score (nSPS) is 11.9. The number of pyridine rings is 1. The van der Waals surface area contributed by atoms with Gasteiger partial charge in [0.1, 0.15) is 0 Å². The predicted octanol–water partition coefficient (Wildman–Crippen LogP) is 5.36. The van der Waals surface area contributed by atoms with Crippen molar-refractivity contribution in [3.8, 4) is 5.75 Å². The smallest absolute Gasteiger partial charge is 0.231 e. The summed E-state index contributed by atoms with van der Waals surface area (Å²) in [7, 11) is 1.57. The van der Waals surface area contributed by atoms with Crippen LogP contribution >= 0.6 is 0 Å². The van der Waals surface area contributed by atoms with E-state index in [1.165, 1.54) is 38.5 Å². The summed E-state index contributed by atoms with van der Waals surface area (Å²) in [5, 5.41) is 10.4. The number of aryl methyl sites for hydroxylation is 1. The molecule has 1 aromatic heterocycles. The van der Waals surface area contributed by atoms with Crippen LogP contribution in [-0.2, 0) is 6.42 Å². The van der Waals surface area contributed by atoms with Gasteiger partial charge in [-0.05, 0) is 45.2 Å². The molecular formula is C23H35NO3. The first-order chi connectivity index (χ1) is 12.9. The van der Waals surface area contributed by atoms with Crippen molar-refractivity contribution in [3.63, 3.8) is 0 Å². The summed E-state index contributed by atoms with van der Waals surface area (Å²) < 4.78 is 5.38. The summed E-state index contributed by atoms with van der Waals surface area (Å²) in [5.41, 5.74) is 1.25. The number of aromatic nitrogens is 1. The first-order valence-corrected chi connectivity index (χ1v) is 10.3. The van der Waals surface area contributed by atoms with Crippen LogP contribution in [0.25, 0.3) is 10.9 Å². The average Bonchev–Trinajstić information content (AvgIpc) is 2.62. The van der Waals surface area contributed by atoms with E-state index in [1.54, 1.807) is 7.11 Å². The Hall–Kier alpha value is -1.81. The Bertz CT molecular complexity index is 758. The van der Waals surface area contributed by atoms with Crippen molar-refractivity contribution in [1.29, 1.82) is 0 Å². The fourth-order valence-corrected chi connectivity index (χ4v) is 3.58. The second-order valence-corrected chi connectivity index (χ2v) is 8.15. The van der Waals surface area contributed by atoms with E-state index in [4.69, 9.17) is 4.74 Å². The predicted molar refractivity (Wildman–Crippen MR) is 113 cm³/mol. The number of para-hydroxylation sites is 1. The third kappa shape index (κ3) is 7.02. The number of fused-ring (bicyclic) bond motifs is 1. The van der Waals surface area contributed by atoms with Gasteiger partial charge in [0.15, 0.2) is 5.75 Å². The summed E-state index contributed by atoms with van der Waals surface area (Å²) in [6.07, 6.45) is 11.3. The Morgan fingerprint density at radius 2 is 1.56 bits per heavy atom. The van der Waals surface area contributed by atoms with E-state index in [1.807, 2.05) is 38.1 Å². The summed E-state index contributed by atoms with van der Waals surface area (Å²) in [6.45, 7) is 3.76. The highest BCUT2D eigenvalue weighted by molar-refractivity contribution is 5.80. The molecule has 27 heavy (non-hydrogen) atoms. The van der Waals surface area contributed by atoms with Gasteiger partial charge in [-0.25, -0.2) is 0 Å². The van der Waals surface area contributed by atoms with Crippen LogP contribution in [0, 0.1) is 0 Å². The van der Waals surface area contributed by atoms with Crippen molar-refractivity contribution in [2.24, 2.45) is 0 Å². The van der Waals surface area contributed by atoms with Gasteiger partial charge in [0, 0.05) is 10.9 Å². The lowest BCUT2D eigenvalue weighted by atomic mass is 9.99. The molecule has 0 aliphatic rings. The van der Waals surface area contributed by atoms with Gasteiger partial charge in [0.2, 0.25) is 5.43 Å². The zero-order valence-electron chi connectivity index (χ0n) is 17.1. The van der Waals surface area contributed by atoms with Crippen LogP contribution in [0.2, 0.25) is 0 Å². The Morgan fingerprint density at radius 3 is 2.19 bits per heavy atom. The van der Waals surface area contributed by atoms with Gasteiger partial charge in [-0.3, -0.25) is 4.79 Å². The molecular weight excluding hydrogens is 338 g/mol. The number of ether oxygens (including phenoxy) is 1. The molecule has 0 atom stereocenters. The SMILES string of the molecule is COc1c(CCCCCCCCCCC(C)(C)O)[nH]c2ccccc2c1=O. The second-order valence-electron chi connectivity index (χ2n) is 8.15. The molecule has 0 saturated carbocycles. The minimum absolute atomic E-state index is 0.0205. The number of aromatic amines is 1. The van der Waals surface area contributed by atoms with Gasteiger partial charge in [-0.1, -0.05) is 57.1 Å². The number of hydrogen-bond donors (Lipinski definition) is 2. The van der Waals surface area contributed by atoms with Crippen LogP contribution in [0.4, 0.5) is 0 Å². The van der Waals surface area contributed by atoms with Crippen LogP contribution in [0.15, 0.2) is 29.1 Å². The molecule has 0 unspecified atom stereocenters. The molecule has 4 nitrogen and oxygen atoms in total. The monoisotopic (exact) mass is 373 g/mol. The van der Waals surface area contributed by atoms with Crippen LogP contribution in [0.5, 0.6) is 5.75 Å². The van der Waals surface area contributed by atoms with E-state index < -0.39 is 5.60 Å². The maximum absolute atomic E-state index is 12.5. The number of nitrogens with one attached hydrogen (secondary N) is 1. The van der Waals surface area contributed by atoms with Crippen LogP contribution < -0.4 is 10.2 Å². The fraction of sp³-hybridized carbons (Fsp3) is 0.609. The maximum Gasteiger partial charge on any atom is 0.231 e. The number of methoxy groups -OCH3 is 1. The third-order valence-corrected chi connectivity index (χ3v) is 5.11. The van der Waals surface area contributed by atoms with Crippen LogP contribution in [-0.4, -0.2) is 22.8 Å². The molecule has 0 radical (unpaired) electrons. The van der Waals surface area contributed by atoms with Gasteiger partial charge in [0.05, 0.1) is 18.4 Å². The lowest BCUT2D eigenvalue weighted by Gasteiger charge is -2.16. The van der Waals surface area contributed by atoms with Crippen molar-refractivity contribution in [2.75, 3.05) is 7.11 Å². The molecule has 0 bridgehead atoms. The number of hydrogen-bond acceptors (Lipinski definition) is 3. The minimum Gasteiger partial charge on any atom is -0.491 e. The molecule has 0 aliphatic heterocycles. The van der Waals surface area contributed by atoms with Gasteiger partial charge in [-0.2, -0.15) is 0 Å². The van der Waals surface area contributed by atoms with Crippen molar-refractivity contribution >= 4 is 10.9 Å². The van der Waals surface area contributed by atoms with E-state index in [-0.39, 0.29) is 5.43 Å². The molecule has 0 aliphatic carbocycles. The van der Waals surface area contributed by atoms with Gasteiger partial charge >= 0.3 is 0 Å². The standard InChI is InChI=1S/C23H35NO3/c1-23(2,26)17-13-9-7-5-4-6-8-10-16-20-22(27-3)21(25)18-14-11-12-15-19(18)24-20/h11-12,14-15,26H,4-10,13,16-17H2,1-3H3,(H,24,25). The summed E-state index contributed by atoms with van der Waals surface area (Å²) in [5.74, 6) is 0.459. The molecule has 150 valence electrons. The summed E-state index contributed by atoms with van der Waals surface area (Å²) in [4.78, 5) is 15.9. The lowest BCUT2D eigenvalue weighted by Crippen LogP contribution is -2.17. The van der Waals surface area contributed by atoms with E-state index in [0.717, 1.165) is 36.9 Å². The van der Waals surface area contributed by atoms with E-state index in [9.17, 15) is 9.90 Å². The summed E-state index contributed by atoms with van der Waals surface area (Å²) in [6, 6.07) is 7.59. The van der Waals surface area contributed by atoms with E-state index >= 15 is 0 Å². The molecule has 4 heteroatoms. The molecule has 0 saturated heterocycles. The van der Waals surface area contributed by atoms with Crippen molar-refractivity contribution < 1.29 is 9.84 Å². The molecule has 2 rings (SSSR count). The minimum atomic E-state index is -0.523. The average molecular weight is 374 g/mol. The Labute approximate surface area is 163 Å². The highest BCUT2D eigenvalue weighted by atomic mass is 16.5. The molecule has 1 heterocycles. The molecule has 0 spiro atoms. The van der Waals surface area contributed by atoms with E-state index in [0.29, 0.717) is 11.1 Å². The lowest BCUT2D eigenvalue weighted by molar-refractivity contribution is 0.0680. The van der Waals surface area contributed by atoms with Crippen molar-refractivity contribution in [1.82, 2.24) is 4.98 Å². The fourth-order valence-electron chi connectivity index (χ4n) is 3.58. The second kappa shape index (κ2) is 10.5. The maximum atomic E-state index is 12.5. The number of rotatable bonds is 12. The summed E-state index contributed by atoms with van der Waals surface area (Å²) >= 11 is 0. The topological polar surface area (TPSA) is 62.3 Å². The highest BCUT2D eigenvalue weighted by Gasteiger charge is 2.12. The van der Waals surface area contributed by atoms with Gasteiger partial charge in [0.25, 0.3) is 0 Å². The third-order valence-electron chi connectivity index (χ3n) is 5.11. The van der Waals surface area contributed by atoms with Crippen molar-refractivity contribution in [3.05, 3.63) is 40.2 Å². The Balaban J connectivity index is 1.69. The number of unbranched alkanes of at least 4 members (excludes halogenated alkanes) is 7. The van der Waals surface area contributed by atoms with Crippen molar-refractivity contribution in [2.45, 2.75) is 83.7 Å². The first-order valence-electron chi connectivity index (χ1n) is 10.3. The van der Waals surface area contributed by atoms with Gasteiger partial charge < -0.3 is 14.8 Å². The number of benzene rings is 1. The molecule has 2 N–H and O–H groups in total. The zero-order chi connectivity index (χ0) is 19.7. The molecule has 0 amide bonds. The Kier molecular flexibility index (Phi) is 8.36. The van der Waals surface area contributed by atoms with Gasteiger partial charge in [-0.15, -0.1) is 0 Å². The van der Waals surface area contributed by atoms with Crippen LogP contribution in [0.3, 0.4) is 0 Å². The largest absolute Gasteiger partial charge is 0.491 e. The van der Waals surface area contributed by atoms with E-state index in [2.05, 4.69) is 4.98 Å². The van der Waals surface area contributed by atoms with Crippen LogP contribution in [0.1, 0.15) is 77.3 Å². The highest BCUT2D eigenvalue weighted by Crippen LogP contribution is 2.20. The molecule has 1 aromatic carbocycles.